The molecule has 0 amide bonds. The average Bonchev–Trinajstić information content (AvgIpc) is 2.41. The zero-order valence-corrected chi connectivity index (χ0v) is 11.9. The van der Waals surface area contributed by atoms with Crippen LogP contribution in [0.3, 0.4) is 0 Å². The first-order valence-electron chi connectivity index (χ1n) is 5.82. The summed E-state index contributed by atoms with van der Waals surface area (Å²) < 4.78 is 28.2. The molecule has 0 aliphatic carbocycles. The van der Waals surface area contributed by atoms with Crippen LogP contribution in [-0.2, 0) is 6.42 Å². The maximum atomic E-state index is 13.7. The summed E-state index contributed by atoms with van der Waals surface area (Å²) in [5, 5.41) is 3.00. The largest absolute Gasteiger partial charge is 0.313 e. The van der Waals surface area contributed by atoms with Crippen molar-refractivity contribution in [3.05, 3.63) is 63.9 Å². The van der Waals surface area contributed by atoms with Gasteiger partial charge in [0.05, 0.1) is 6.20 Å². The highest BCUT2D eigenvalue weighted by Crippen LogP contribution is 2.23. The van der Waals surface area contributed by atoms with E-state index in [4.69, 9.17) is 0 Å². The normalized spacial score (nSPS) is 12.4. The molecule has 0 spiro atoms. The Balaban J connectivity index is 2.29. The number of likely N-dealkylation sites (N-methyl/N-ethyl adjacent to an activating group) is 1. The molecule has 0 radical (unpaired) electrons. The molecule has 2 rings (SSSR count). The Morgan fingerprint density at radius 1 is 1.26 bits per heavy atom. The lowest BCUT2D eigenvalue weighted by atomic mass is 9.99. The monoisotopic (exact) mass is 326 g/mol. The van der Waals surface area contributed by atoms with Crippen molar-refractivity contribution in [1.29, 1.82) is 0 Å². The zero-order chi connectivity index (χ0) is 13.8. The molecule has 19 heavy (non-hydrogen) atoms. The van der Waals surface area contributed by atoms with Gasteiger partial charge in [0.25, 0.3) is 0 Å². The molecule has 5 heteroatoms. The van der Waals surface area contributed by atoms with Crippen molar-refractivity contribution in [2.24, 2.45) is 0 Å². The number of halogens is 3. The molecule has 0 fully saturated rings. The SMILES string of the molecule is CNC(Cc1cc(Br)ccc1F)c1ccncc1F. The lowest BCUT2D eigenvalue weighted by Gasteiger charge is -2.17. The van der Waals surface area contributed by atoms with Gasteiger partial charge in [-0.25, -0.2) is 8.78 Å². The molecular weight excluding hydrogens is 314 g/mol. The highest BCUT2D eigenvalue weighted by Gasteiger charge is 2.16. The highest BCUT2D eigenvalue weighted by atomic mass is 79.9. The quantitative estimate of drug-likeness (QED) is 0.928. The van der Waals surface area contributed by atoms with Gasteiger partial charge in [-0.1, -0.05) is 15.9 Å². The summed E-state index contributed by atoms with van der Waals surface area (Å²) in [6.45, 7) is 0. The van der Waals surface area contributed by atoms with Crippen molar-refractivity contribution in [2.45, 2.75) is 12.5 Å². The minimum absolute atomic E-state index is 0.294. The number of rotatable bonds is 4. The van der Waals surface area contributed by atoms with E-state index in [1.807, 2.05) is 0 Å². The van der Waals surface area contributed by atoms with E-state index in [2.05, 4.69) is 26.2 Å². The fraction of sp³-hybridized carbons (Fsp3) is 0.214. The Morgan fingerprint density at radius 2 is 2.05 bits per heavy atom. The van der Waals surface area contributed by atoms with Crippen LogP contribution in [0.15, 0.2) is 41.1 Å². The van der Waals surface area contributed by atoms with E-state index in [9.17, 15) is 8.78 Å². The first-order chi connectivity index (χ1) is 9.11. The van der Waals surface area contributed by atoms with Crippen LogP contribution >= 0.6 is 15.9 Å². The molecule has 1 heterocycles. The summed E-state index contributed by atoms with van der Waals surface area (Å²) in [5.41, 5.74) is 1.02. The van der Waals surface area contributed by atoms with Gasteiger partial charge in [-0.15, -0.1) is 0 Å². The van der Waals surface area contributed by atoms with Crippen molar-refractivity contribution in [1.82, 2.24) is 10.3 Å². The van der Waals surface area contributed by atoms with Gasteiger partial charge in [-0.3, -0.25) is 4.98 Å². The lowest BCUT2D eigenvalue weighted by molar-refractivity contribution is 0.517. The number of aromatic nitrogens is 1. The van der Waals surface area contributed by atoms with Gasteiger partial charge in [0.1, 0.15) is 11.6 Å². The molecule has 0 saturated carbocycles. The second kappa shape index (κ2) is 6.21. The molecule has 2 aromatic rings. The predicted octanol–water partition coefficient (Wildman–Crippen LogP) is 3.63. The maximum absolute atomic E-state index is 13.7. The molecule has 100 valence electrons. The van der Waals surface area contributed by atoms with Crippen LogP contribution < -0.4 is 5.32 Å². The van der Waals surface area contributed by atoms with Crippen LogP contribution in [-0.4, -0.2) is 12.0 Å². The van der Waals surface area contributed by atoms with E-state index in [1.165, 1.54) is 12.3 Å². The van der Waals surface area contributed by atoms with Gasteiger partial charge in [-0.2, -0.15) is 0 Å². The fourth-order valence-electron chi connectivity index (χ4n) is 1.96. The van der Waals surface area contributed by atoms with E-state index < -0.39 is 5.82 Å². The predicted molar refractivity (Wildman–Crippen MR) is 73.8 cm³/mol. The van der Waals surface area contributed by atoms with E-state index >= 15 is 0 Å². The summed E-state index contributed by atoms with van der Waals surface area (Å²) in [4.78, 5) is 3.72. The number of nitrogens with one attached hydrogen (secondary N) is 1. The van der Waals surface area contributed by atoms with Gasteiger partial charge in [0, 0.05) is 22.3 Å². The molecule has 0 aliphatic heterocycles. The Bertz CT molecular complexity index is 575. The van der Waals surface area contributed by atoms with Crippen molar-refractivity contribution >= 4 is 15.9 Å². The van der Waals surface area contributed by atoms with Crippen LogP contribution in [0, 0.1) is 11.6 Å². The first-order valence-corrected chi connectivity index (χ1v) is 6.61. The molecule has 0 saturated heterocycles. The molecule has 1 unspecified atom stereocenters. The van der Waals surface area contributed by atoms with Gasteiger partial charge in [0.15, 0.2) is 0 Å². The summed E-state index contributed by atoms with van der Waals surface area (Å²) in [5.74, 6) is -0.685. The molecule has 2 nitrogen and oxygen atoms in total. The number of benzene rings is 1. The number of hydrogen-bond acceptors (Lipinski definition) is 2. The van der Waals surface area contributed by atoms with Gasteiger partial charge in [-0.05, 0) is 43.3 Å². The number of pyridine rings is 1. The molecule has 1 aromatic carbocycles. The minimum Gasteiger partial charge on any atom is -0.313 e. The summed E-state index contributed by atoms with van der Waals surface area (Å²) in [6, 6.07) is 6.05. The topological polar surface area (TPSA) is 24.9 Å². The van der Waals surface area contributed by atoms with Crippen LogP contribution in [0.4, 0.5) is 8.78 Å². The highest BCUT2D eigenvalue weighted by molar-refractivity contribution is 9.10. The summed E-state index contributed by atoms with van der Waals surface area (Å²) in [6.07, 6.45) is 3.06. The second-order valence-corrected chi connectivity index (χ2v) is 5.09. The molecule has 1 atom stereocenters. The van der Waals surface area contributed by atoms with Crippen LogP contribution in [0.2, 0.25) is 0 Å². The van der Waals surface area contributed by atoms with Crippen molar-refractivity contribution in [3.8, 4) is 0 Å². The van der Waals surface area contributed by atoms with Gasteiger partial charge < -0.3 is 5.32 Å². The van der Waals surface area contributed by atoms with Crippen molar-refractivity contribution < 1.29 is 8.78 Å². The van der Waals surface area contributed by atoms with Crippen LogP contribution in [0.1, 0.15) is 17.2 Å². The standard InChI is InChI=1S/C14H13BrF2N2/c1-18-14(11-4-5-19-8-13(11)17)7-9-6-10(15)2-3-12(9)16/h2-6,8,14,18H,7H2,1H3. The Labute approximate surface area is 119 Å². The maximum Gasteiger partial charge on any atom is 0.146 e. The van der Waals surface area contributed by atoms with Crippen LogP contribution in [0.5, 0.6) is 0 Å². The smallest absolute Gasteiger partial charge is 0.146 e. The third-order valence-electron chi connectivity index (χ3n) is 2.96. The van der Waals surface area contributed by atoms with Crippen LogP contribution in [0.25, 0.3) is 0 Å². The molecule has 0 bridgehead atoms. The van der Waals surface area contributed by atoms with E-state index in [-0.39, 0.29) is 11.9 Å². The third-order valence-corrected chi connectivity index (χ3v) is 3.45. The molecule has 1 N–H and O–H groups in total. The lowest BCUT2D eigenvalue weighted by Crippen LogP contribution is -2.20. The summed E-state index contributed by atoms with van der Waals surface area (Å²) >= 11 is 3.31. The average molecular weight is 327 g/mol. The van der Waals surface area contributed by atoms with Gasteiger partial charge >= 0.3 is 0 Å². The molecular formula is C14H13BrF2N2. The molecule has 1 aromatic heterocycles. The second-order valence-electron chi connectivity index (χ2n) is 4.18. The van der Waals surface area contributed by atoms with Gasteiger partial charge in [0.2, 0.25) is 0 Å². The van der Waals surface area contributed by atoms with Crippen molar-refractivity contribution in [3.63, 3.8) is 0 Å². The van der Waals surface area contributed by atoms with Crippen molar-refractivity contribution in [2.75, 3.05) is 7.05 Å². The van der Waals surface area contributed by atoms with E-state index in [0.29, 0.717) is 17.5 Å². The third kappa shape index (κ3) is 3.36. The first kappa shape index (κ1) is 14.1. The number of hydrogen-bond donors (Lipinski definition) is 1. The minimum atomic E-state index is -0.391. The molecule has 0 aliphatic rings. The Kier molecular flexibility index (Phi) is 4.61. The fourth-order valence-corrected chi connectivity index (χ4v) is 2.36. The zero-order valence-electron chi connectivity index (χ0n) is 10.3. The summed E-state index contributed by atoms with van der Waals surface area (Å²) in [7, 11) is 1.72. The van der Waals surface area contributed by atoms with E-state index in [1.54, 1.807) is 25.2 Å². The van der Waals surface area contributed by atoms with E-state index in [0.717, 1.165) is 10.7 Å². The Morgan fingerprint density at radius 3 is 2.74 bits per heavy atom. The Hall–Kier alpha value is -1.33. The number of nitrogens with zero attached hydrogens (tertiary/aromatic N) is 1.